The number of benzene rings is 3. The molecule has 31 heavy (non-hydrogen) atoms. The van der Waals surface area contributed by atoms with E-state index < -0.39 is 0 Å². The lowest BCUT2D eigenvalue weighted by atomic mass is 10.2. The van der Waals surface area contributed by atoms with Gasteiger partial charge in [0.1, 0.15) is 6.54 Å². The van der Waals surface area contributed by atoms with E-state index >= 15 is 0 Å². The van der Waals surface area contributed by atoms with Crippen molar-refractivity contribution in [3.63, 3.8) is 0 Å². The highest BCUT2D eigenvalue weighted by Crippen LogP contribution is 2.48. The van der Waals surface area contributed by atoms with Gasteiger partial charge in [-0.2, -0.15) is 4.98 Å². The lowest BCUT2D eigenvalue weighted by Gasteiger charge is -2.34. The predicted octanol–water partition coefficient (Wildman–Crippen LogP) is 5.98. The summed E-state index contributed by atoms with van der Waals surface area (Å²) >= 11 is 1.67. The van der Waals surface area contributed by atoms with Crippen LogP contribution in [-0.4, -0.2) is 27.6 Å². The first-order chi connectivity index (χ1) is 15.2. The SMILES string of the molecule is CCN(Cc1nc(-c2ccccc2)no1)C(=O)N1c2ccccc2Sc2ccccc21. The van der Waals surface area contributed by atoms with Crippen LogP contribution in [0.3, 0.4) is 0 Å². The summed E-state index contributed by atoms with van der Waals surface area (Å²) in [7, 11) is 0. The van der Waals surface area contributed by atoms with Crippen molar-refractivity contribution in [3.05, 3.63) is 84.8 Å². The summed E-state index contributed by atoms with van der Waals surface area (Å²) in [5.74, 6) is 0.922. The van der Waals surface area contributed by atoms with Crippen LogP contribution in [0, 0.1) is 0 Å². The van der Waals surface area contributed by atoms with Crippen molar-refractivity contribution in [2.24, 2.45) is 0 Å². The molecule has 0 fully saturated rings. The molecule has 4 aromatic rings. The monoisotopic (exact) mass is 428 g/mol. The highest BCUT2D eigenvalue weighted by atomic mass is 32.2. The van der Waals surface area contributed by atoms with Gasteiger partial charge in [0.2, 0.25) is 11.7 Å². The molecule has 5 rings (SSSR count). The zero-order valence-corrected chi connectivity index (χ0v) is 17.7. The Morgan fingerprint density at radius 1 is 0.935 bits per heavy atom. The number of urea groups is 1. The van der Waals surface area contributed by atoms with Crippen molar-refractivity contribution in [3.8, 4) is 11.4 Å². The van der Waals surface area contributed by atoms with Crippen molar-refractivity contribution in [1.82, 2.24) is 15.0 Å². The molecule has 6 nitrogen and oxygen atoms in total. The minimum Gasteiger partial charge on any atom is -0.337 e. The summed E-state index contributed by atoms with van der Waals surface area (Å²) in [4.78, 5) is 23.8. The molecule has 7 heteroatoms. The Balaban J connectivity index is 1.45. The second-order valence-corrected chi connectivity index (χ2v) is 8.13. The lowest BCUT2D eigenvalue weighted by molar-refractivity contribution is 0.198. The van der Waals surface area contributed by atoms with Crippen LogP contribution in [-0.2, 0) is 6.54 Å². The maximum atomic E-state index is 13.7. The minimum atomic E-state index is -0.123. The molecule has 0 bridgehead atoms. The van der Waals surface area contributed by atoms with E-state index in [1.807, 2.05) is 85.8 Å². The third kappa shape index (κ3) is 3.68. The molecule has 154 valence electrons. The van der Waals surface area contributed by atoms with Crippen molar-refractivity contribution >= 4 is 29.2 Å². The number of carbonyl (C=O) groups is 1. The fourth-order valence-electron chi connectivity index (χ4n) is 3.55. The van der Waals surface area contributed by atoms with Crippen molar-refractivity contribution in [1.29, 1.82) is 0 Å². The zero-order valence-electron chi connectivity index (χ0n) is 16.9. The van der Waals surface area contributed by atoms with Crippen molar-refractivity contribution in [2.75, 3.05) is 11.4 Å². The Morgan fingerprint density at radius 2 is 1.55 bits per heavy atom. The van der Waals surface area contributed by atoms with E-state index in [-0.39, 0.29) is 12.6 Å². The van der Waals surface area contributed by atoms with Crippen LogP contribution < -0.4 is 4.90 Å². The van der Waals surface area contributed by atoms with Gasteiger partial charge in [-0.25, -0.2) is 4.79 Å². The number of hydrogen-bond acceptors (Lipinski definition) is 5. The van der Waals surface area contributed by atoms with E-state index in [4.69, 9.17) is 4.52 Å². The van der Waals surface area contributed by atoms with E-state index in [9.17, 15) is 4.79 Å². The van der Waals surface area contributed by atoms with Crippen LogP contribution in [0.25, 0.3) is 11.4 Å². The third-order valence-electron chi connectivity index (χ3n) is 5.10. The van der Waals surface area contributed by atoms with Crippen molar-refractivity contribution in [2.45, 2.75) is 23.3 Å². The standard InChI is InChI=1S/C24H20N4O2S/c1-2-27(16-22-25-23(26-30-22)17-10-4-3-5-11-17)24(29)28-18-12-6-8-14-20(18)31-21-15-9-7-13-19(21)28/h3-15H,2,16H2,1H3. The molecule has 1 aromatic heterocycles. The summed E-state index contributed by atoms with van der Waals surface area (Å²) in [5.41, 5.74) is 2.64. The molecule has 2 amide bonds. The van der Waals surface area contributed by atoms with E-state index in [2.05, 4.69) is 10.1 Å². The van der Waals surface area contributed by atoms with Gasteiger partial charge in [-0.05, 0) is 31.2 Å². The molecule has 0 saturated heterocycles. The van der Waals surface area contributed by atoms with Gasteiger partial charge in [0, 0.05) is 21.9 Å². The van der Waals surface area contributed by atoms with Crippen LogP contribution in [0.2, 0.25) is 0 Å². The first-order valence-corrected chi connectivity index (χ1v) is 10.9. The molecule has 0 saturated carbocycles. The first-order valence-electron chi connectivity index (χ1n) is 10.1. The topological polar surface area (TPSA) is 62.5 Å². The number of fused-ring (bicyclic) bond motifs is 2. The Kier molecular flexibility index (Phi) is 5.18. The van der Waals surface area contributed by atoms with Crippen LogP contribution in [0.5, 0.6) is 0 Å². The van der Waals surface area contributed by atoms with Gasteiger partial charge in [-0.3, -0.25) is 4.90 Å². The van der Waals surface area contributed by atoms with Gasteiger partial charge >= 0.3 is 6.03 Å². The highest BCUT2D eigenvalue weighted by molar-refractivity contribution is 7.99. The maximum absolute atomic E-state index is 13.7. The molecule has 3 aromatic carbocycles. The quantitative estimate of drug-likeness (QED) is 0.400. The molecule has 0 aliphatic carbocycles. The van der Waals surface area contributed by atoms with Gasteiger partial charge in [-0.1, -0.05) is 71.5 Å². The third-order valence-corrected chi connectivity index (χ3v) is 6.23. The summed E-state index contributed by atoms with van der Waals surface area (Å²) in [6.07, 6.45) is 0. The van der Waals surface area contributed by atoms with E-state index in [1.54, 1.807) is 21.6 Å². The molecule has 0 unspecified atom stereocenters. The average molecular weight is 429 g/mol. The minimum absolute atomic E-state index is 0.123. The summed E-state index contributed by atoms with van der Waals surface area (Å²) in [5, 5.41) is 4.08. The van der Waals surface area contributed by atoms with E-state index in [0.29, 0.717) is 18.3 Å². The number of amides is 2. The van der Waals surface area contributed by atoms with Crippen LogP contribution in [0.15, 0.2) is 93.2 Å². The van der Waals surface area contributed by atoms with Crippen LogP contribution in [0.1, 0.15) is 12.8 Å². The molecule has 2 heterocycles. The molecule has 1 aliphatic heterocycles. The van der Waals surface area contributed by atoms with Crippen molar-refractivity contribution < 1.29 is 9.32 Å². The summed E-state index contributed by atoms with van der Waals surface area (Å²) in [6.45, 7) is 2.70. The number of para-hydroxylation sites is 2. The highest BCUT2D eigenvalue weighted by Gasteiger charge is 2.31. The molecule has 1 aliphatic rings. The van der Waals surface area contributed by atoms with Crippen LogP contribution in [0.4, 0.5) is 16.2 Å². The van der Waals surface area contributed by atoms with Gasteiger partial charge < -0.3 is 9.42 Å². The Hall–Kier alpha value is -3.58. The lowest BCUT2D eigenvalue weighted by Crippen LogP contribution is -2.41. The number of hydrogen-bond donors (Lipinski definition) is 0. The summed E-state index contributed by atoms with van der Waals surface area (Å²) in [6, 6.07) is 25.4. The Morgan fingerprint density at radius 3 is 2.19 bits per heavy atom. The van der Waals surface area contributed by atoms with Gasteiger partial charge in [-0.15, -0.1) is 0 Å². The van der Waals surface area contributed by atoms with Gasteiger partial charge in [0.25, 0.3) is 0 Å². The largest absolute Gasteiger partial charge is 0.337 e. The number of nitrogens with zero attached hydrogens (tertiary/aromatic N) is 4. The molecular weight excluding hydrogens is 408 g/mol. The number of aromatic nitrogens is 2. The Bertz CT molecular complexity index is 1180. The molecule has 0 spiro atoms. The van der Waals surface area contributed by atoms with Crippen LogP contribution >= 0.6 is 11.8 Å². The second kappa shape index (κ2) is 8.28. The Labute approximate surface area is 184 Å². The predicted molar refractivity (Wildman–Crippen MR) is 120 cm³/mol. The summed E-state index contributed by atoms with van der Waals surface area (Å²) < 4.78 is 5.45. The fraction of sp³-hybridized carbons (Fsp3) is 0.125. The fourth-order valence-corrected chi connectivity index (χ4v) is 4.61. The zero-order chi connectivity index (χ0) is 21.2. The average Bonchev–Trinajstić information content (AvgIpc) is 3.30. The molecule has 0 radical (unpaired) electrons. The first kappa shape index (κ1) is 19.4. The smallest absolute Gasteiger partial charge is 0.329 e. The number of carbonyl (C=O) groups excluding carboxylic acids is 1. The van der Waals surface area contributed by atoms with Gasteiger partial charge in [0.15, 0.2) is 0 Å². The number of anilines is 2. The van der Waals surface area contributed by atoms with Gasteiger partial charge in [0.05, 0.1) is 11.4 Å². The maximum Gasteiger partial charge on any atom is 0.329 e. The molecule has 0 N–H and O–H groups in total. The number of rotatable bonds is 4. The van der Waals surface area contributed by atoms with E-state index in [1.165, 1.54) is 0 Å². The normalized spacial score (nSPS) is 12.2. The molecule has 0 atom stereocenters. The molecular formula is C24H20N4O2S. The second-order valence-electron chi connectivity index (χ2n) is 7.05. The van der Waals surface area contributed by atoms with E-state index in [0.717, 1.165) is 26.7 Å².